The van der Waals surface area contributed by atoms with Crippen molar-refractivity contribution in [3.8, 4) is 0 Å². The summed E-state index contributed by atoms with van der Waals surface area (Å²) in [5.41, 5.74) is -0.572. The lowest BCUT2D eigenvalue weighted by Crippen LogP contribution is -2.42. The summed E-state index contributed by atoms with van der Waals surface area (Å²) in [5, 5.41) is 2.44. The van der Waals surface area contributed by atoms with Crippen molar-refractivity contribution >= 4 is 62.4 Å². The van der Waals surface area contributed by atoms with Crippen LogP contribution in [0.5, 0.6) is 0 Å². The van der Waals surface area contributed by atoms with Crippen LogP contribution in [0.1, 0.15) is 34.6 Å². The molecule has 0 aromatic carbocycles. The number of ether oxygens (including phenoxy) is 1. The fourth-order valence-electron chi connectivity index (χ4n) is 1.10. The van der Waals surface area contributed by atoms with Gasteiger partial charge in [-0.15, -0.1) is 0 Å². The van der Waals surface area contributed by atoms with Gasteiger partial charge in [-0.05, 0) is 20.8 Å². The lowest BCUT2D eigenvalue weighted by Gasteiger charge is -2.24. The topological polar surface area (TPSA) is 72.5 Å². The number of hydrogen-bond acceptors (Lipinski definition) is 6. The van der Waals surface area contributed by atoms with E-state index in [9.17, 15) is 14.4 Å². The van der Waals surface area contributed by atoms with Gasteiger partial charge in [-0.25, -0.2) is 4.79 Å². The molecule has 0 aliphatic rings. The van der Waals surface area contributed by atoms with Crippen LogP contribution in [0.25, 0.3) is 0 Å². The van der Waals surface area contributed by atoms with Crippen molar-refractivity contribution < 1.29 is 19.1 Å². The maximum Gasteiger partial charge on any atom is 0.408 e. The number of carbonyl (C=O) groups excluding carboxylic acids is 3. The summed E-state index contributed by atoms with van der Waals surface area (Å²) in [6, 6.07) is 0. The van der Waals surface area contributed by atoms with Crippen LogP contribution >= 0.6 is 46.1 Å². The average molecular weight is 433 g/mol. The van der Waals surface area contributed by atoms with E-state index in [-0.39, 0.29) is 19.5 Å². The predicted octanol–water partition coefficient (Wildman–Crippen LogP) is 3.20. The lowest BCUT2D eigenvalue weighted by atomic mass is 10.2. The smallest absolute Gasteiger partial charge is 0.408 e. The SMILES string of the molecule is CC(=O)SCC(SC(C)=O)C(I)NC(=O)OC(C)(C)C. The molecule has 0 aliphatic carbocycles. The zero-order valence-electron chi connectivity index (χ0n) is 12.2. The number of amides is 1. The van der Waals surface area contributed by atoms with Crippen molar-refractivity contribution in [3.63, 3.8) is 0 Å². The number of alkyl halides is 1. The van der Waals surface area contributed by atoms with E-state index in [2.05, 4.69) is 5.32 Å². The molecule has 2 atom stereocenters. The molecule has 0 aliphatic heterocycles. The summed E-state index contributed by atoms with van der Waals surface area (Å²) >= 11 is 4.30. The Morgan fingerprint density at radius 2 is 1.75 bits per heavy atom. The molecule has 0 radical (unpaired) electrons. The van der Waals surface area contributed by atoms with Gasteiger partial charge in [-0.1, -0.05) is 46.1 Å². The van der Waals surface area contributed by atoms with Gasteiger partial charge < -0.3 is 10.1 Å². The molecule has 0 aromatic heterocycles. The van der Waals surface area contributed by atoms with Crippen molar-refractivity contribution in [1.82, 2.24) is 5.32 Å². The minimum absolute atomic E-state index is 0.0139. The minimum Gasteiger partial charge on any atom is -0.444 e. The third-order valence-corrected chi connectivity index (χ3v) is 5.63. The molecule has 0 fully saturated rings. The van der Waals surface area contributed by atoms with E-state index >= 15 is 0 Å². The first-order chi connectivity index (χ1) is 9.01. The van der Waals surface area contributed by atoms with Crippen LogP contribution in [0.2, 0.25) is 0 Å². The molecule has 0 saturated carbocycles. The van der Waals surface area contributed by atoms with Gasteiger partial charge in [0.25, 0.3) is 0 Å². The molecule has 8 heteroatoms. The van der Waals surface area contributed by atoms with Crippen molar-refractivity contribution in [3.05, 3.63) is 0 Å². The fraction of sp³-hybridized carbons (Fsp3) is 0.750. The van der Waals surface area contributed by atoms with Crippen LogP contribution in [0, 0.1) is 0 Å². The average Bonchev–Trinajstić information content (AvgIpc) is 2.20. The van der Waals surface area contributed by atoms with Gasteiger partial charge in [-0.3, -0.25) is 9.59 Å². The number of rotatable bonds is 5. The van der Waals surface area contributed by atoms with Crippen molar-refractivity contribution in [2.45, 2.75) is 49.5 Å². The van der Waals surface area contributed by atoms with E-state index in [1.807, 2.05) is 22.6 Å². The van der Waals surface area contributed by atoms with Crippen molar-refractivity contribution in [1.29, 1.82) is 0 Å². The van der Waals surface area contributed by atoms with Crippen molar-refractivity contribution in [2.75, 3.05) is 5.75 Å². The Balaban J connectivity index is 4.52. The second-order valence-corrected chi connectivity index (χ2v) is 8.95. The number of nitrogens with one attached hydrogen (secondary N) is 1. The molecule has 0 spiro atoms. The molecule has 2 unspecified atom stereocenters. The van der Waals surface area contributed by atoms with Crippen LogP contribution in [-0.4, -0.2) is 37.0 Å². The molecule has 0 heterocycles. The van der Waals surface area contributed by atoms with E-state index in [4.69, 9.17) is 4.74 Å². The van der Waals surface area contributed by atoms with Crippen LogP contribution in [0.15, 0.2) is 0 Å². The Kier molecular flexibility index (Phi) is 9.16. The minimum atomic E-state index is -0.572. The molecule has 0 aromatic rings. The van der Waals surface area contributed by atoms with Crippen molar-refractivity contribution in [2.24, 2.45) is 0 Å². The summed E-state index contributed by atoms with van der Waals surface area (Å²) < 4.78 is 4.86. The quantitative estimate of drug-likeness (QED) is 0.408. The number of halogens is 1. The maximum atomic E-state index is 11.7. The lowest BCUT2D eigenvalue weighted by molar-refractivity contribution is -0.110. The van der Waals surface area contributed by atoms with E-state index < -0.39 is 11.7 Å². The fourth-order valence-corrected chi connectivity index (χ4v) is 4.08. The van der Waals surface area contributed by atoms with Crippen LogP contribution < -0.4 is 5.32 Å². The largest absolute Gasteiger partial charge is 0.444 e. The standard InChI is InChI=1S/C12H20INO4S2/c1-7(15)19-6-9(20-8(2)16)10(13)14-11(17)18-12(3,4)5/h9-10H,6H2,1-5H3,(H,14,17). The third-order valence-electron chi connectivity index (χ3n) is 1.75. The Labute approximate surface area is 141 Å². The van der Waals surface area contributed by atoms with Gasteiger partial charge in [-0.2, -0.15) is 0 Å². The van der Waals surface area contributed by atoms with Crippen LogP contribution in [0.3, 0.4) is 0 Å². The number of thioether (sulfide) groups is 2. The highest BCUT2D eigenvalue weighted by molar-refractivity contribution is 14.1. The normalized spacial score (nSPS) is 14.3. The Morgan fingerprint density at radius 1 is 1.20 bits per heavy atom. The zero-order chi connectivity index (χ0) is 15.9. The molecule has 0 bridgehead atoms. The summed E-state index contributed by atoms with van der Waals surface area (Å²) in [5.74, 6) is 0.461. The first kappa shape index (κ1) is 20.0. The molecular formula is C12H20INO4S2. The summed E-state index contributed by atoms with van der Waals surface area (Å²) in [6.45, 7) is 8.28. The highest BCUT2D eigenvalue weighted by atomic mass is 127. The number of alkyl carbamates (subject to hydrolysis) is 1. The van der Waals surface area contributed by atoms with E-state index in [0.29, 0.717) is 5.75 Å². The molecule has 5 nitrogen and oxygen atoms in total. The van der Waals surface area contributed by atoms with Gasteiger partial charge >= 0.3 is 6.09 Å². The Morgan fingerprint density at radius 3 is 2.15 bits per heavy atom. The van der Waals surface area contributed by atoms with Gasteiger partial charge in [0.2, 0.25) is 0 Å². The number of carbonyl (C=O) groups is 3. The van der Waals surface area contributed by atoms with Crippen LogP contribution in [-0.2, 0) is 14.3 Å². The van der Waals surface area contributed by atoms with Gasteiger partial charge in [0.05, 0.1) is 9.30 Å². The highest BCUT2D eigenvalue weighted by Gasteiger charge is 2.26. The molecule has 20 heavy (non-hydrogen) atoms. The Hall–Kier alpha value is 0.0400. The summed E-state index contributed by atoms with van der Waals surface area (Å²) in [6.07, 6.45) is -0.529. The van der Waals surface area contributed by atoms with Crippen LogP contribution in [0.4, 0.5) is 4.79 Å². The Bertz CT molecular complexity index is 371. The van der Waals surface area contributed by atoms with E-state index in [1.165, 1.54) is 13.8 Å². The zero-order valence-corrected chi connectivity index (χ0v) is 16.0. The summed E-state index contributed by atoms with van der Waals surface area (Å²) in [7, 11) is 0. The molecule has 0 saturated heterocycles. The van der Waals surface area contributed by atoms with E-state index in [1.54, 1.807) is 20.8 Å². The first-order valence-electron chi connectivity index (χ1n) is 5.95. The highest BCUT2D eigenvalue weighted by Crippen LogP contribution is 2.24. The van der Waals surface area contributed by atoms with Gasteiger partial charge in [0.1, 0.15) is 5.60 Å². The molecule has 1 N–H and O–H groups in total. The second-order valence-electron chi connectivity index (χ2n) is 5.00. The molecule has 116 valence electrons. The van der Waals surface area contributed by atoms with E-state index in [0.717, 1.165) is 23.5 Å². The molecular weight excluding hydrogens is 413 g/mol. The monoisotopic (exact) mass is 433 g/mol. The predicted molar refractivity (Wildman–Crippen MR) is 92.4 cm³/mol. The summed E-state index contributed by atoms with van der Waals surface area (Å²) in [4.78, 5) is 34.0. The number of hydrogen-bond donors (Lipinski definition) is 1. The van der Waals surface area contributed by atoms with Gasteiger partial charge in [0.15, 0.2) is 10.2 Å². The second kappa shape index (κ2) is 9.14. The van der Waals surface area contributed by atoms with Gasteiger partial charge in [0, 0.05) is 19.6 Å². The maximum absolute atomic E-state index is 11.7. The third kappa shape index (κ3) is 10.8. The molecule has 0 rings (SSSR count). The first-order valence-corrected chi connectivity index (χ1v) is 9.06. The molecule has 1 amide bonds.